The molecule has 0 spiro atoms. The van der Waals surface area contributed by atoms with E-state index in [2.05, 4.69) is 5.32 Å². The van der Waals surface area contributed by atoms with E-state index in [0.29, 0.717) is 25.3 Å². The molecule has 1 saturated carbocycles. The first-order valence-corrected chi connectivity index (χ1v) is 8.37. The Kier molecular flexibility index (Phi) is 4.76. The van der Waals surface area contributed by atoms with Gasteiger partial charge >= 0.3 is 0 Å². The highest BCUT2D eigenvalue weighted by molar-refractivity contribution is 5.91. The summed E-state index contributed by atoms with van der Waals surface area (Å²) in [4.78, 5) is 25.7. The van der Waals surface area contributed by atoms with Gasteiger partial charge in [-0.3, -0.25) is 9.59 Å². The van der Waals surface area contributed by atoms with Crippen molar-refractivity contribution in [3.8, 4) is 0 Å². The van der Waals surface area contributed by atoms with Crippen LogP contribution in [0.3, 0.4) is 0 Å². The van der Waals surface area contributed by atoms with Crippen LogP contribution in [0.1, 0.15) is 50.5 Å². The van der Waals surface area contributed by atoms with Gasteiger partial charge in [-0.25, -0.2) is 0 Å². The van der Waals surface area contributed by atoms with E-state index < -0.39 is 0 Å². The second-order valence-corrected chi connectivity index (χ2v) is 6.52. The van der Waals surface area contributed by atoms with E-state index in [4.69, 9.17) is 0 Å². The number of hydrogen-bond donors (Lipinski definition) is 1. The normalized spacial score (nSPS) is 18.9. The van der Waals surface area contributed by atoms with E-state index in [1.807, 2.05) is 29.2 Å². The number of anilines is 1. The van der Waals surface area contributed by atoms with Crippen molar-refractivity contribution in [2.75, 3.05) is 11.9 Å². The van der Waals surface area contributed by atoms with E-state index in [1.165, 1.54) is 25.7 Å². The second kappa shape index (κ2) is 6.95. The Bertz CT molecular complexity index is 550. The highest BCUT2D eigenvalue weighted by Crippen LogP contribution is 2.28. The quantitative estimate of drug-likeness (QED) is 0.906. The summed E-state index contributed by atoms with van der Waals surface area (Å²) in [5, 5.41) is 3.00. The molecule has 0 radical (unpaired) electrons. The molecule has 1 aliphatic carbocycles. The average molecular weight is 300 g/mol. The fourth-order valence-corrected chi connectivity index (χ4v) is 3.53. The first kappa shape index (κ1) is 15.1. The van der Waals surface area contributed by atoms with Crippen LogP contribution in [0.4, 0.5) is 5.69 Å². The van der Waals surface area contributed by atoms with Crippen LogP contribution in [0.15, 0.2) is 24.3 Å². The summed E-state index contributed by atoms with van der Waals surface area (Å²) in [6.07, 6.45) is 7.15. The summed E-state index contributed by atoms with van der Waals surface area (Å²) in [5.41, 5.74) is 1.92. The Morgan fingerprint density at radius 2 is 2.05 bits per heavy atom. The molecule has 1 saturated heterocycles. The Morgan fingerprint density at radius 3 is 2.77 bits per heavy atom. The van der Waals surface area contributed by atoms with Crippen LogP contribution in [0.5, 0.6) is 0 Å². The summed E-state index contributed by atoms with van der Waals surface area (Å²) in [7, 11) is 0. The monoisotopic (exact) mass is 300 g/mol. The number of hydrogen-bond acceptors (Lipinski definition) is 2. The first-order valence-electron chi connectivity index (χ1n) is 8.37. The van der Waals surface area contributed by atoms with Gasteiger partial charge in [-0.05, 0) is 42.9 Å². The molecule has 1 N–H and O–H groups in total. The summed E-state index contributed by atoms with van der Waals surface area (Å²) in [6, 6.07) is 7.86. The van der Waals surface area contributed by atoms with Crippen LogP contribution in [-0.2, 0) is 16.1 Å². The number of likely N-dealkylation sites (tertiary alicyclic amines) is 1. The third-order valence-corrected chi connectivity index (χ3v) is 4.70. The van der Waals surface area contributed by atoms with Crippen molar-refractivity contribution in [3.05, 3.63) is 29.8 Å². The van der Waals surface area contributed by atoms with Crippen LogP contribution in [0, 0.1) is 5.92 Å². The molecule has 118 valence electrons. The van der Waals surface area contributed by atoms with Gasteiger partial charge < -0.3 is 10.2 Å². The summed E-state index contributed by atoms with van der Waals surface area (Å²) in [5.74, 6) is 0.905. The third kappa shape index (κ3) is 3.87. The van der Waals surface area contributed by atoms with E-state index >= 15 is 0 Å². The number of carbonyl (C=O) groups is 2. The van der Waals surface area contributed by atoms with Crippen LogP contribution >= 0.6 is 0 Å². The summed E-state index contributed by atoms with van der Waals surface area (Å²) in [6.45, 7) is 1.49. The standard InChI is InChI=1S/C18H24N2O2/c21-17(12-14-5-1-2-6-14)19-16-8-3-7-15(11-16)13-20-10-4-9-18(20)22/h3,7-8,11,14H,1-2,4-6,9-10,12-13H2,(H,19,21). The smallest absolute Gasteiger partial charge is 0.224 e. The molecule has 1 aromatic carbocycles. The number of rotatable bonds is 5. The zero-order valence-electron chi connectivity index (χ0n) is 13.0. The maximum Gasteiger partial charge on any atom is 0.224 e. The molecule has 3 rings (SSSR count). The van der Waals surface area contributed by atoms with E-state index in [0.717, 1.165) is 24.2 Å². The van der Waals surface area contributed by atoms with Crippen molar-refractivity contribution in [1.82, 2.24) is 4.90 Å². The lowest BCUT2D eigenvalue weighted by Gasteiger charge is -2.16. The average Bonchev–Trinajstić information content (AvgIpc) is 3.12. The van der Waals surface area contributed by atoms with Crippen LogP contribution in [0.2, 0.25) is 0 Å². The van der Waals surface area contributed by atoms with Crippen molar-refractivity contribution in [3.63, 3.8) is 0 Å². The molecule has 0 atom stereocenters. The molecule has 2 fully saturated rings. The van der Waals surface area contributed by atoms with E-state index in [9.17, 15) is 9.59 Å². The van der Waals surface area contributed by atoms with Gasteiger partial charge in [0.25, 0.3) is 0 Å². The number of amides is 2. The van der Waals surface area contributed by atoms with Gasteiger partial charge in [0.05, 0.1) is 0 Å². The Hall–Kier alpha value is -1.84. The minimum absolute atomic E-state index is 0.112. The zero-order valence-corrected chi connectivity index (χ0v) is 13.0. The number of nitrogens with zero attached hydrogens (tertiary/aromatic N) is 1. The fourth-order valence-electron chi connectivity index (χ4n) is 3.53. The zero-order chi connectivity index (χ0) is 15.4. The van der Waals surface area contributed by atoms with Gasteiger partial charge in [0, 0.05) is 31.6 Å². The van der Waals surface area contributed by atoms with Gasteiger partial charge in [0.2, 0.25) is 11.8 Å². The Labute approximate surface area is 131 Å². The van der Waals surface area contributed by atoms with Crippen molar-refractivity contribution < 1.29 is 9.59 Å². The van der Waals surface area contributed by atoms with E-state index in [1.54, 1.807) is 0 Å². The van der Waals surface area contributed by atoms with E-state index in [-0.39, 0.29) is 11.8 Å². The largest absolute Gasteiger partial charge is 0.338 e. The Morgan fingerprint density at radius 1 is 1.23 bits per heavy atom. The molecule has 2 amide bonds. The van der Waals surface area contributed by atoms with Crippen molar-refractivity contribution >= 4 is 17.5 Å². The lowest BCUT2D eigenvalue weighted by molar-refractivity contribution is -0.128. The predicted octanol–water partition coefficient (Wildman–Crippen LogP) is 3.33. The maximum absolute atomic E-state index is 12.1. The highest BCUT2D eigenvalue weighted by Gasteiger charge is 2.20. The molecule has 0 unspecified atom stereocenters. The molecule has 1 aromatic rings. The molecule has 2 aliphatic rings. The molecule has 4 heteroatoms. The lowest BCUT2D eigenvalue weighted by atomic mass is 10.0. The minimum atomic E-state index is 0.112. The van der Waals surface area contributed by atoms with Crippen LogP contribution in [0.25, 0.3) is 0 Å². The lowest BCUT2D eigenvalue weighted by Crippen LogP contribution is -2.23. The third-order valence-electron chi connectivity index (χ3n) is 4.70. The molecular weight excluding hydrogens is 276 g/mol. The van der Waals surface area contributed by atoms with Crippen molar-refractivity contribution in [1.29, 1.82) is 0 Å². The van der Waals surface area contributed by atoms with Crippen molar-refractivity contribution in [2.24, 2.45) is 5.92 Å². The molecule has 22 heavy (non-hydrogen) atoms. The van der Waals surface area contributed by atoms with Gasteiger partial charge in [0.15, 0.2) is 0 Å². The number of nitrogens with one attached hydrogen (secondary N) is 1. The molecule has 0 aromatic heterocycles. The number of carbonyl (C=O) groups excluding carboxylic acids is 2. The van der Waals surface area contributed by atoms with Crippen molar-refractivity contribution in [2.45, 2.75) is 51.5 Å². The SMILES string of the molecule is O=C(CC1CCCC1)Nc1cccc(CN2CCCC2=O)c1. The highest BCUT2D eigenvalue weighted by atomic mass is 16.2. The molecule has 1 heterocycles. The summed E-state index contributed by atoms with van der Waals surface area (Å²) < 4.78 is 0. The van der Waals surface area contributed by atoms with Gasteiger partial charge in [-0.1, -0.05) is 25.0 Å². The van der Waals surface area contributed by atoms with Crippen LogP contribution in [-0.4, -0.2) is 23.3 Å². The number of benzene rings is 1. The van der Waals surface area contributed by atoms with Crippen LogP contribution < -0.4 is 5.32 Å². The second-order valence-electron chi connectivity index (χ2n) is 6.52. The topological polar surface area (TPSA) is 49.4 Å². The van der Waals surface area contributed by atoms with Gasteiger partial charge in [0.1, 0.15) is 0 Å². The van der Waals surface area contributed by atoms with Gasteiger partial charge in [-0.2, -0.15) is 0 Å². The fraction of sp³-hybridized carbons (Fsp3) is 0.556. The molecule has 4 nitrogen and oxygen atoms in total. The molecule has 1 aliphatic heterocycles. The minimum Gasteiger partial charge on any atom is -0.338 e. The molecular formula is C18H24N2O2. The predicted molar refractivity (Wildman–Crippen MR) is 86.3 cm³/mol. The Balaban J connectivity index is 1.56. The summed E-state index contributed by atoms with van der Waals surface area (Å²) >= 11 is 0. The maximum atomic E-state index is 12.1. The van der Waals surface area contributed by atoms with Gasteiger partial charge in [-0.15, -0.1) is 0 Å². The molecule has 0 bridgehead atoms. The first-order chi connectivity index (χ1) is 10.7.